The van der Waals surface area contributed by atoms with Crippen LogP contribution in [-0.4, -0.2) is 17.5 Å². The lowest BCUT2D eigenvalue weighted by Crippen LogP contribution is -2.27. The van der Waals surface area contributed by atoms with Gasteiger partial charge in [-0.25, -0.2) is 0 Å². The van der Waals surface area contributed by atoms with Crippen LogP contribution < -0.4 is 0 Å². The van der Waals surface area contributed by atoms with Crippen LogP contribution in [-0.2, 0) is 6.54 Å². The van der Waals surface area contributed by atoms with E-state index < -0.39 is 0 Å². The summed E-state index contributed by atoms with van der Waals surface area (Å²) in [6.07, 6.45) is 2.26. The first-order valence-corrected chi connectivity index (χ1v) is 8.23. The van der Waals surface area contributed by atoms with Gasteiger partial charge >= 0.3 is 0 Å². The summed E-state index contributed by atoms with van der Waals surface area (Å²) in [5, 5.41) is 1.46. The van der Waals surface area contributed by atoms with E-state index in [0.717, 1.165) is 47.1 Å². The summed E-state index contributed by atoms with van der Waals surface area (Å²) >= 11 is 12.6. The summed E-state index contributed by atoms with van der Waals surface area (Å²) in [6.45, 7) is 1.79. The summed E-state index contributed by atoms with van der Waals surface area (Å²) in [4.78, 5) is 2.36. The number of hydrogen-bond acceptors (Lipinski definition) is 1. The molecule has 1 aliphatic rings. The molecule has 1 saturated heterocycles. The maximum atomic E-state index is 6.28. The van der Waals surface area contributed by atoms with Crippen LogP contribution in [0.2, 0.25) is 10.0 Å². The highest BCUT2D eigenvalue weighted by Gasteiger charge is 2.24. The number of nitrogens with zero attached hydrogens (tertiary/aromatic N) is 1. The molecule has 0 spiro atoms. The number of halogens is 2. The largest absolute Gasteiger partial charge is 0.285 e. The third kappa shape index (κ3) is 3.65. The number of hydrogen-bond donors (Lipinski definition) is 0. The van der Waals surface area contributed by atoms with Gasteiger partial charge in [-0.05, 0) is 43.7 Å². The van der Waals surface area contributed by atoms with Crippen LogP contribution in [0.25, 0.3) is 0 Å². The first-order valence-electron chi connectivity index (χ1n) is 7.47. The highest BCUT2D eigenvalue weighted by atomic mass is 35.5. The third-order valence-electron chi connectivity index (χ3n) is 3.94. The van der Waals surface area contributed by atoms with E-state index in [1.165, 1.54) is 0 Å². The summed E-state index contributed by atoms with van der Waals surface area (Å²) < 4.78 is 0. The van der Waals surface area contributed by atoms with Crippen molar-refractivity contribution in [2.24, 2.45) is 0 Å². The number of likely N-dealkylation sites (tertiary alicyclic amines) is 1. The second kappa shape index (κ2) is 7.20. The molecule has 1 unspecified atom stereocenters. The maximum absolute atomic E-state index is 6.28. The molecular weight excluding hydrogens is 313 g/mol. The Kier molecular flexibility index (Phi) is 5.05. The van der Waals surface area contributed by atoms with Crippen molar-refractivity contribution >= 4 is 23.2 Å². The lowest BCUT2D eigenvalue weighted by molar-refractivity contribution is 0.288. The van der Waals surface area contributed by atoms with Crippen LogP contribution in [0.3, 0.4) is 0 Å². The van der Waals surface area contributed by atoms with Crippen molar-refractivity contribution in [3.8, 4) is 11.8 Å². The number of rotatable bonds is 2. The van der Waals surface area contributed by atoms with E-state index in [2.05, 4.69) is 16.7 Å². The molecule has 1 fully saturated rings. The van der Waals surface area contributed by atoms with Crippen LogP contribution in [0.4, 0.5) is 0 Å². The van der Waals surface area contributed by atoms with Crippen molar-refractivity contribution in [2.45, 2.75) is 25.4 Å². The van der Waals surface area contributed by atoms with Crippen LogP contribution in [0.5, 0.6) is 0 Å². The molecule has 3 heteroatoms. The molecular formula is C19H17Cl2N. The summed E-state index contributed by atoms with van der Waals surface area (Å²) in [7, 11) is 0. The predicted octanol–water partition coefficient (Wildman–Crippen LogP) is 5.01. The minimum absolute atomic E-state index is 0.271. The molecule has 0 radical (unpaired) electrons. The fourth-order valence-electron chi connectivity index (χ4n) is 2.75. The zero-order valence-corrected chi connectivity index (χ0v) is 13.7. The van der Waals surface area contributed by atoms with E-state index in [1.54, 1.807) is 0 Å². The van der Waals surface area contributed by atoms with Gasteiger partial charge in [-0.3, -0.25) is 4.90 Å². The Morgan fingerprint density at radius 2 is 1.73 bits per heavy atom. The van der Waals surface area contributed by atoms with Gasteiger partial charge < -0.3 is 0 Å². The van der Waals surface area contributed by atoms with Crippen LogP contribution in [0.1, 0.15) is 24.0 Å². The van der Waals surface area contributed by atoms with Crippen molar-refractivity contribution in [1.82, 2.24) is 4.90 Å². The minimum atomic E-state index is 0.271. The van der Waals surface area contributed by atoms with Crippen LogP contribution >= 0.6 is 23.2 Å². The Hall–Kier alpha value is -1.46. The lowest BCUT2D eigenvalue weighted by atomic mass is 10.1. The van der Waals surface area contributed by atoms with Gasteiger partial charge in [0.25, 0.3) is 0 Å². The third-order valence-corrected chi connectivity index (χ3v) is 4.65. The quantitative estimate of drug-likeness (QED) is 0.700. The Balaban J connectivity index is 1.75. The van der Waals surface area contributed by atoms with Crippen molar-refractivity contribution < 1.29 is 0 Å². The zero-order chi connectivity index (χ0) is 15.4. The second-order valence-electron chi connectivity index (χ2n) is 5.46. The van der Waals surface area contributed by atoms with Gasteiger partial charge in [0.1, 0.15) is 0 Å². The van der Waals surface area contributed by atoms with E-state index >= 15 is 0 Å². The average Bonchev–Trinajstić information content (AvgIpc) is 2.97. The Bertz CT molecular complexity index is 680. The highest BCUT2D eigenvalue weighted by Crippen LogP contribution is 2.28. The Morgan fingerprint density at radius 1 is 1.00 bits per heavy atom. The molecule has 0 bridgehead atoms. The topological polar surface area (TPSA) is 3.24 Å². The molecule has 1 heterocycles. The average molecular weight is 330 g/mol. The second-order valence-corrected chi connectivity index (χ2v) is 6.28. The van der Waals surface area contributed by atoms with Crippen molar-refractivity contribution in [3.05, 3.63) is 69.7 Å². The van der Waals surface area contributed by atoms with Gasteiger partial charge in [0, 0.05) is 27.7 Å². The normalized spacial score (nSPS) is 18.0. The van der Waals surface area contributed by atoms with E-state index in [0.29, 0.717) is 0 Å². The van der Waals surface area contributed by atoms with Gasteiger partial charge in [-0.1, -0.05) is 59.3 Å². The highest BCUT2D eigenvalue weighted by molar-refractivity contribution is 6.35. The maximum Gasteiger partial charge on any atom is 0.0721 e. The minimum Gasteiger partial charge on any atom is -0.285 e. The summed E-state index contributed by atoms with van der Waals surface area (Å²) in [5.74, 6) is 6.67. The molecule has 0 saturated carbocycles. The predicted molar refractivity (Wildman–Crippen MR) is 93.2 cm³/mol. The monoisotopic (exact) mass is 329 g/mol. The fourth-order valence-corrected chi connectivity index (χ4v) is 3.27. The van der Waals surface area contributed by atoms with Gasteiger partial charge in [-0.2, -0.15) is 0 Å². The van der Waals surface area contributed by atoms with E-state index in [-0.39, 0.29) is 6.04 Å². The zero-order valence-electron chi connectivity index (χ0n) is 12.2. The molecule has 22 heavy (non-hydrogen) atoms. The molecule has 3 rings (SSSR count). The number of benzene rings is 2. The van der Waals surface area contributed by atoms with Crippen molar-refractivity contribution in [2.75, 3.05) is 6.54 Å². The van der Waals surface area contributed by atoms with E-state index in [9.17, 15) is 0 Å². The molecule has 2 aromatic rings. The smallest absolute Gasteiger partial charge is 0.0721 e. The molecule has 1 atom stereocenters. The SMILES string of the molecule is Clc1cccc(Cl)c1CN1CCCC1C#Cc1ccccc1. The molecule has 1 aliphatic heterocycles. The summed E-state index contributed by atoms with van der Waals surface area (Å²) in [6, 6.07) is 16.0. The Labute approximate surface area is 141 Å². The van der Waals surface area contributed by atoms with E-state index in [1.807, 2.05) is 48.5 Å². The van der Waals surface area contributed by atoms with Gasteiger partial charge in [0.15, 0.2) is 0 Å². The molecule has 0 amide bonds. The molecule has 0 aromatic heterocycles. The Morgan fingerprint density at radius 3 is 2.45 bits per heavy atom. The fraction of sp³-hybridized carbons (Fsp3) is 0.263. The molecule has 112 valence electrons. The molecule has 2 aromatic carbocycles. The van der Waals surface area contributed by atoms with Crippen LogP contribution in [0.15, 0.2) is 48.5 Å². The molecule has 0 aliphatic carbocycles. The first kappa shape index (κ1) is 15.4. The lowest BCUT2D eigenvalue weighted by Gasteiger charge is -2.21. The first-order chi connectivity index (χ1) is 10.7. The summed E-state index contributed by atoms with van der Waals surface area (Å²) in [5.41, 5.74) is 2.06. The molecule has 1 nitrogen and oxygen atoms in total. The van der Waals surface area contributed by atoms with Crippen molar-refractivity contribution in [1.29, 1.82) is 0 Å². The standard InChI is InChI=1S/C19H17Cl2N/c20-18-9-4-10-19(21)17(18)14-22-13-5-8-16(22)12-11-15-6-2-1-3-7-15/h1-4,6-7,9-10,16H,5,8,13-14H2. The van der Waals surface area contributed by atoms with E-state index in [4.69, 9.17) is 23.2 Å². The van der Waals surface area contributed by atoms with Crippen LogP contribution in [0, 0.1) is 11.8 Å². The van der Waals surface area contributed by atoms with Gasteiger partial charge in [-0.15, -0.1) is 0 Å². The van der Waals surface area contributed by atoms with Gasteiger partial charge in [0.05, 0.1) is 6.04 Å². The van der Waals surface area contributed by atoms with Crippen molar-refractivity contribution in [3.63, 3.8) is 0 Å². The molecule has 0 N–H and O–H groups in total. The van der Waals surface area contributed by atoms with Gasteiger partial charge in [0.2, 0.25) is 0 Å².